The van der Waals surface area contributed by atoms with E-state index in [0.29, 0.717) is 0 Å². The Kier molecular flexibility index (Phi) is 5.37. The van der Waals surface area contributed by atoms with E-state index in [1.54, 1.807) is 0 Å². The fraction of sp³-hybridized carbons (Fsp3) is 0.174. The molecule has 0 spiro atoms. The molecule has 0 aromatic heterocycles. The van der Waals surface area contributed by atoms with E-state index in [1.165, 1.54) is 11.1 Å². The van der Waals surface area contributed by atoms with Crippen LogP contribution in [0.2, 0.25) is 0 Å². The van der Waals surface area contributed by atoms with Crippen molar-refractivity contribution >= 4 is 17.3 Å². The number of hydrogen-bond acceptors (Lipinski definition) is 2. The Morgan fingerprint density at radius 1 is 0.846 bits per heavy atom. The highest BCUT2D eigenvalue weighted by molar-refractivity contribution is 5.99. The summed E-state index contributed by atoms with van der Waals surface area (Å²) < 4.78 is 0. The van der Waals surface area contributed by atoms with Crippen molar-refractivity contribution in [3.05, 3.63) is 83.9 Å². The molecule has 0 fully saturated rings. The van der Waals surface area contributed by atoms with Gasteiger partial charge < -0.3 is 10.6 Å². The Labute approximate surface area is 155 Å². The SMILES string of the molecule is Cc1ccc(N[C@H](C)C(=O)Nc2ccccc2-c2ccccc2)cc1C. The zero-order valence-corrected chi connectivity index (χ0v) is 15.4. The first-order chi connectivity index (χ1) is 12.5. The van der Waals surface area contributed by atoms with Gasteiger partial charge in [-0.05, 0) is 55.7 Å². The number of aryl methyl sites for hydroxylation is 2. The molecule has 1 atom stereocenters. The van der Waals surface area contributed by atoms with Gasteiger partial charge in [-0.25, -0.2) is 0 Å². The molecule has 3 aromatic rings. The van der Waals surface area contributed by atoms with Gasteiger partial charge in [-0.1, -0.05) is 54.6 Å². The highest BCUT2D eigenvalue weighted by atomic mass is 16.2. The Hall–Kier alpha value is -3.07. The molecule has 0 saturated carbocycles. The third-order valence-electron chi connectivity index (χ3n) is 4.55. The zero-order valence-electron chi connectivity index (χ0n) is 15.4. The Morgan fingerprint density at radius 3 is 2.27 bits per heavy atom. The molecule has 132 valence electrons. The van der Waals surface area contributed by atoms with Crippen molar-refractivity contribution in [2.75, 3.05) is 10.6 Å². The van der Waals surface area contributed by atoms with Crippen molar-refractivity contribution in [3.63, 3.8) is 0 Å². The summed E-state index contributed by atoms with van der Waals surface area (Å²) in [5.41, 5.74) is 6.31. The number of nitrogens with one attached hydrogen (secondary N) is 2. The molecule has 0 bridgehead atoms. The molecule has 1 amide bonds. The fourth-order valence-corrected chi connectivity index (χ4v) is 2.85. The van der Waals surface area contributed by atoms with E-state index in [1.807, 2.05) is 67.6 Å². The first-order valence-electron chi connectivity index (χ1n) is 8.83. The standard InChI is InChI=1S/C23H24N2O/c1-16-13-14-20(15-17(16)2)24-18(3)23(26)25-22-12-8-7-11-21(22)19-9-5-4-6-10-19/h4-15,18,24H,1-3H3,(H,25,26)/t18-/m1/s1. The normalized spacial score (nSPS) is 11.7. The van der Waals surface area contributed by atoms with Crippen LogP contribution in [0, 0.1) is 13.8 Å². The van der Waals surface area contributed by atoms with Crippen LogP contribution in [0.4, 0.5) is 11.4 Å². The molecule has 0 unspecified atom stereocenters. The van der Waals surface area contributed by atoms with Crippen LogP contribution in [0.1, 0.15) is 18.1 Å². The lowest BCUT2D eigenvalue weighted by molar-refractivity contribution is -0.116. The Bertz CT molecular complexity index is 903. The summed E-state index contributed by atoms with van der Waals surface area (Å²) in [4.78, 5) is 12.7. The van der Waals surface area contributed by atoms with Crippen LogP contribution in [0.25, 0.3) is 11.1 Å². The van der Waals surface area contributed by atoms with Crippen molar-refractivity contribution in [1.29, 1.82) is 0 Å². The summed E-state index contributed by atoms with van der Waals surface area (Å²) in [6.07, 6.45) is 0. The number of carbonyl (C=O) groups is 1. The number of hydrogen-bond donors (Lipinski definition) is 2. The number of carbonyl (C=O) groups excluding carboxylic acids is 1. The third kappa shape index (κ3) is 4.12. The summed E-state index contributed by atoms with van der Waals surface area (Å²) in [6.45, 7) is 6.02. The van der Waals surface area contributed by atoms with Gasteiger partial charge in [0.25, 0.3) is 0 Å². The second kappa shape index (κ2) is 7.87. The van der Waals surface area contributed by atoms with E-state index in [9.17, 15) is 4.79 Å². The smallest absolute Gasteiger partial charge is 0.246 e. The van der Waals surface area contributed by atoms with Gasteiger partial charge in [0.15, 0.2) is 0 Å². The lowest BCUT2D eigenvalue weighted by Gasteiger charge is -2.18. The average molecular weight is 344 g/mol. The molecule has 0 aliphatic rings. The molecule has 0 aliphatic carbocycles. The molecule has 3 rings (SSSR count). The van der Waals surface area contributed by atoms with Crippen LogP contribution >= 0.6 is 0 Å². The quantitative estimate of drug-likeness (QED) is 0.650. The van der Waals surface area contributed by atoms with Crippen LogP contribution in [-0.4, -0.2) is 11.9 Å². The summed E-state index contributed by atoms with van der Waals surface area (Å²) in [5.74, 6) is -0.0633. The van der Waals surface area contributed by atoms with Gasteiger partial charge >= 0.3 is 0 Å². The van der Waals surface area contributed by atoms with E-state index in [4.69, 9.17) is 0 Å². The highest BCUT2D eigenvalue weighted by Gasteiger charge is 2.15. The molecule has 0 radical (unpaired) electrons. The Morgan fingerprint density at radius 2 is 1.54 bits per heavy atom. The minimum atomic E-state index is -0.346. The molecular weight excluding hydrogens is 320 g/mol. The molecule has 0 saturated heterocycles. The largest absolute Gasteiger partial charge is 0.374 e. The molecule has 0 heterocycles. The summed E-state index contributed by atoms with van der Waals surface area (Å²) in [7, 11) is 0. The maximum absolute atomic E-state index is 12.7. The van der Waals surface area contributed by atoms with Crippen molar-refractivity contribution in [1.82, 2.24) is 0 Å². The van der Waals surface area contributed by atoms with E-state index >= 15 is 0 Å². The summed E-state index contributed by atoms with van der Waals surface area (Å²) in [5, 5.41) is 6.33. The van der Waals surface area contributed by atoms with Crippen LogP contribution in [0.3, 0.4) is 0 Å². The van der Waals surface area contributed by atoms with E-state index in [2.05, 4.69) is 36.6 Å². The summed E-state index contributed by atoms with van der Waals surface area (Å²) in [6, 6.07) is 23.7. The first-order valence-corrected chi connectivity index (χ1v) is 8.83. The van der Waals surface area contributed by atoms with Gasteiger partial charge in [-0.3, -0.25) is 4.79 Å². The van der Waals surface area contributed by atoms with Gasteiger partial charge in [0.2, 0.25) is 5.91 Å². The highest BCUT2D eigenvalue weighted by Crippen LogP contribution is 2.27. The van der Waals surface area contributed by atoms with E-state index < -0.39 is 0 Å². The van der Waals surface area contributed by atoms with Crippen molar-refractivity contribution in [3.8, 4) is 11.1 Å². The minimum absolute atomic E-state index is 0.0633. The van der Waals surface area contributed by atoms with Crippen LogP contribution in [0.5, 0.6) is 0 Å². The summed E-state index contributed by atoms with van der Waals surface area (Å²) >= 11 is 0. The first kappa shape index (κ1) is 17.7. The van der Waals surface area contributed by atoms with Gasteiger partial charge in [-0.2, -0.15) is 0 Å². The monoisotopic (exact) mass is 344 g/mol. The second-order valence-electron chi connectivity index (χ2n) is 6.57. The van der Waals surface area contributed by atoms with E-state index in [-0.39, 0.29) is 11.9 Å². The number of amides is 1. The average Bonchev–Trinajstić information content (AvgIpc) is 2.66. The number of anilines is 2. The predicted molar refractivity (Wildman–Crippen MR) is 110 cm³/mol. The zero-order chi connectivity index (χ0) is 18.5. The van der Waals surface area contributed by atoms with Crippen LogP contribution in [0.15, 0.2) is 72.8 Å². The fourth-order valence-electron chi connectivity index (χ4n) is 2.85. The predicted octanol–water partition coefficient (Wildman–Crippen LogP) is 5.41. The van der Waals surface area contributed by atoms with Gasteiger partial charge in [0.05, 0.1) is 0 Å². The van der Waals surface area contributed by atoms with Gasteiger partial charge in [-0.15, -0.1) is 0 Å². The van der Waals surface area contributed by atoms with Crippen molar-refractivity contribution < 1.29 is 4.79 Å². The number of para-hydroxylation sites is 1. The van der Waals surface area contributed by atoms with Crippen molar-refractivity contribution in [2.45, 2.75) is 26.8 Å². The lowest BCUT2D eigenvalue weighted by atomic mass is 10.0. The molecule has 3 aromatic carbocycles. The molecule has 0 aliphatic heterocycles. The van der Waals surface area contributed by atoms with Gasteiger partial charge in [0, 0.05) is 16.9 Å². The Balaban J connectivity index is 1.74. The molecule has 3 nitrogen and oxygen atoms in total. The maximum Gasteiger partial charge on any atom is 0.246 e. The topological polar surface area (TPSA) is 41.1 Å². The molecule has 3 heteroatoms. The number of rotatable bonds is 5. The lowest BCUT2D eigenvalue weighted by Crippen LogP contribution is -2.32. The number of benzene rings is 3. The maximum atomic E-state index is 12.7. The van der Waals surface area contributed by atoms with E-state index in [0.717, 1.165) is 22.5 Å². The minimum Gasteiger partial charge on any atom is -0.374 e. The van der Waals surface area contributed by atoms with Crippen LogP contribution < -0.4 is 10.6 Å². The van der Waals surface area contributed by atoms with Crippen LogP contribution in [-0.2, 0) is 4.79 Å². The molecule has 2 N–H and O–H groups in total. The van der Waals surface area contributed by atoms with Gasteiger partial charge in [0.1, 0.15) is 6.04 Å². The van der Waals surface area contributed by atoms with Crippen molar-refractivity contribution in [2.24, 2.45) is 0 Å². The third-order valence-corrected chi connectivity index (χ3v) is 4.55. The second-order valence-corrected chi connectivity index (χ2v) is 6.57. The molecular formula is C23H24N2O. The molecule has 26 heavy (non-hydrogen) atoms.